The minimum absolute atomic E-state index is 0.0701. The fourth-order valence-electron chi connectivity index (χ4n) is 2.93. The van der Waals surface area contributed by atoms with E-state index in [9.17, 15) is 14.4 Å². The summed E-state index contributed by atoms with van der Waals surface area (Å²) in [6.07, 6.45) is -0.0701. The zero-order chi connectivity index (χ0) is 20.6. The molecule has 2 aromatic rings. The highest BCUT2D eigenvalue weighted by molar-refractivity contribution is 6.08. The fraction of sp³-hybridized carbons (Fsp3) is 0.318. The monoisotopic (exact) mass is 383 g/mol. The molecule has 0 saturated carbocycles. The maximum absolute atomic E-state index is 12.7. The summed E-state index contributed by atoms with van der Waals surface area (Å²) in [6, 6.07) is 17.3. The van der Waals surface area contributed by atoms with E-state index in [2.05, 4.69) is 5.32 Å². The van der Waals surface area contributed by atoms with Gasteiger partial charge in [-0.1, -0.05) is 54.6 Å². The molecule has 2 rings (SSSR count). The van der Waals surface area contributed by atoms with Crippen LogP contribution in [0.1, 0.15) is 26.3 Å². The third kappa shape index (κ3) is 4.97. The van der Waals surface area contributed by atoms with E-state index in [0.717, 1.165) is 11.1 Å². The first-order valence-corrected chi connectivity index (χ1v) is 9.20. The van der Waals surface area contributed by atoms with Crippen molar-refractivity contribution in [1.82, 2.24) is 5.32 Å². The molecule has 0 heterocycles. The van der Waals surface area contributed by atoms with Crippen LogP contribution in [0.5, 0.6) is 0 Å². The van der Waals surface area contributed by atoms with E-state index in [4.69, 9.17) is 9.47 Å². The summed E-state index contributed by atoms with van der Waals surface area (Å²) in [5.74, 6) is -2.20. The number of nitrogens with one attached hydrogen (secondary N) is 1. The minimum Gasteiger partial charge on any atom is -0.464 e. The van der Waals surface area contributed by atoms with E-state index in [0.29, 0.717) is 5.56 Å². The molecule has 1 amide bonds. The Morgan fingerprint density at radius 2 is 1.32 bits per heavy atom. The maximum atomic E-state index is 12.7. The first-order valence-electron chi connectivity index (χ1n) is 9.20. The molecule has 0 unspecified atom stereocenters. The van der Waals surface area contributed by atoms with Crippen molar-refractivity contribution in [3.05, 3.63) is 60.2 Å². The van der Waals surface area contributed by atoms with Crippen LogP contribution >= 0.6 is 0 Å². The van der Waals surface area contributed by atoms with E-state index in [-0.39, 0.29) is 19.6 Å². The van der Waals surface area contributed by atoms with Crippen molar-refractivity contribution >= 4 is 17.8 Å². The summed E-state index contributed by atoms with van der Waals surface area (Å²) in [4.78, 5) is 37.1. The van der Waals surface area contributed by atoms with Gasteiger partial charge in [0.15, 0.2) is 0 Å². The third-order valence-electron chi connectivity index (χ3n) is 4.17. The van der Waals surface area contributed by atoms with Crippen molar-refractivity contribution in [1.29, 1.82) is 0 Å². The third-order valence-corrected chi connectivity index (χ3v) is 4.17. The molecular formula is C22H25NO5. The molecule has 0 aromatic heterocycles. The number of esters is 2. The van der Waals surface area contributed by atoms with Crippen LogP contribution < -0.4 is 5.32 Å². The summed E-state index contributed by atoms with van der Waals surface area (Å²) < 4.78 is 10.2. The molecule has 0 saturated heterocycles. The van der Waals surface area contributed by atoms with E-state index in [1.54, 1.807) is 13.8 Å². The second-order valence-electron chi connectivity index (χ2n) is 6.27. The lowest BCUT2D eigenvalue weighted by molar-refractivity contribution is -0.168. The molecule has 0 atom stereocenters. The number of amides is 1. The molecule has 1 N–H and O–H groups in total. The molecule has 6 nitrogen and oxygen atoms in total. The molecule has 0 spiro atoms. The Kier molecular flexibility index (Phi) is 7.32. The van der Waals surface area contributed by atoms with Crippen LogP contribution in [0, 0.1) is 0 Å². The number of carbonyl (C=O) groups is 3. The van der Waals surface area contributed by atoms with Crippen LogP contribution in [0.4, 0.5) is 0 Å². The lowest BCUT2D eigenvalue weighted by atomic mass is 9.89. The van der Waals surface area contributed by atoms with Crippen molar-refractivity contribution in [2.24, 2.45) is 0 Å². The quantitative estimate of drug-likeness (QED) is 0.560. The highest BCUT2D eigenvalue weighted by Crippen LogP contribution is 2.23. The number of benzene rings is 2. The zero-order valence-corrected chi connectivity index (χ0v) is 16.4. The molecule has 0 fully saturated rings. The van der Waals surface area contributed by atoms with Gasteiger partial charge in [0.2, 0.25) is 11.4 Å². The average Bonchev–Trinajstić information content (AvgIpc) is 2.68. The van der Waals surface area contributed by atoms with Gasteiger partial charge in [0, 0.05) is 13.3 Å². The van der Waals surface area contributed by atoms with Crippen LogP contribution in [-0.4, -0.2) is 36.6 Å². The van der Waals surface area contributed by atoms with Gasteiger partial charge in [-0.15, -0.1) is 0 Å². The summed E-state index contributed by atoms with van der Waals surface area (Å²) in [6.45, 7) is 4.66. The van der Waals surface area contributed by atoms with Crippen LogP contribution in [-0.2, 0) is 30.3 Å². The lowest BCUT2D eigenvalue weighted by Crippen LogP contribution is -2.62. The van der Waals surface area contributed by atoms with Gasteiger partial charge in [0.25, 0.3) is 0 Å². The summed E-state index contributed by atoms with van der Waals surface area (Å²) >= 11 is 0. The highest BCUT2D eigenvalue weighted by Gasteiger charge is 2.50. The minimum atomic E-state index is -1.92. The summed E-state index contributed by atoms with van der Waals surface area (Å²) in [5, 5.41) is 2.47. The second-order valence-corrected chi connectivity index (χ2v) is 6.27. The topological polar surface area (TPSA) is 81.7 Å². The van der Waals surface area contributed by atoms with E-state index in [1.165, 1.54) is 6.92 Å². The standard InChI is InChI=1S/C22H25NO5/c1-4-27-20(25)22(23-16(3)24,21(26)28-5-2)15-17-11-13-19(14-12-17)18-9-7-6-8-10-18/h6-14H,4-5,15H2,1-3H3,(H,23,24). The van der Waals surface area contributed by atoms with E-state index < -0.39 is 23.4 Å². The Morgan fingerprint density at radius 1 is 0.821 bits per heavy atom. The van der Waals surface area contributed by atoms with Crippen LogP contribution in [0.15, 0.2) is 54.6 Å². The summed E-state index contributed by atoms with van der Waals surface area (Å²) in [7, 11) is 0. The van der Waals surface area contributed by atoms with Gasteiger partial charge in [-0.25, -0.2) is 9.59 Å². The fourth-order valence-corrected chi connectivity index (χ4v) is 2.93. The first-order chi connectivity index (χ1) is 13.4. The molecule has 6 heteroatoms. The molecule has 0 aliphatic carbocycles. The first kappa shape index (κ1) is 21.2. The van der Waals surface area contributed by atoms with E-state index in [1.807, 2.05) is 54.6 Å². The van der Waals surface area contributed by atoms with Crippen molar-refractivity contribution < 1.29 is 23.9 Å². The normalized spacial score (nSPS) is 10.8. The number of hydrogen-bond donors (Lipinski definition) is 1. The van der Waals surface area contributed by atoms with Crippen molar-refractivity contribution in [2.45, 2.75) is 32.7 Å². The molecular weight excluding hydrogens is 358 g/mol. The largest absolute Gasteiger partial charge is 0.464 e. The van der Waals surface area contributed by atoms with Crippen molar-refractivity contribution in [2.75, 3.05) is 13.2 Å². The molecule has 28 heavy (non-hydrogen) atoms. The highest BCUT2D eigenvalue weighted by atomic mass is 16.6. The van der Waals surface area contributed by atoms with Gasteiger partial charge in [0.1, 0.15) is 0 Å². The van der Waals surface area contributed by atoms with Gasteiger partial charge in [-0.3, -0.25) is 4.79 Å². The number of carbonyl (C=O) groups excluding carboxylic acids is 3. The Bertz CT molecular complexity index is 797. The van der Waals surface area contributed by atoms with Gasteiger partial charge in [0.05, 0.1) is 13.2 Å². The van der Waals surface area contributed by atoms with Gasteiger partial charge in [-0.2, -0.15) is 0 Å². The zero-order valence-electron chi connectivity index (χ0n) is 16.4. The Morgan fingerprint density at radius 3 is 1.79 bits per heavy atom. The van der Waals surface area contributed by atoms with Gasteiger partial charge in [-0.05, 0) is 30.5 Å². The van der Waals surface area contributed by atoms with Crippen LogP contribution in [0.3, 0.4) is 0 Å². The number of ether oxygens (including phenoxy) is 2. The smallest absolute Gasteiger partial charge is 0.344 e. The Hall–Kier alpha value is -3.15. The average molecular weight is 383 g/mol. The Balaban J connectivity index is 2.38. The number of hydrogen-bond acceptors (Lipinski definition) is 5. The van der Waals surface area contributed by atoms with Gasteiger partial charge < -0.3 is 14.8 Å². The predicted octanol–water partition coefficient (Wildman–Crippen LogP) is 2.90. The molecule has 148 valence electrons. The molecule has 0 bridgehead atoms. The van der Waals surface area contributed by atoms with Crippen molar-refractivity contribution in [3.8, 4) is 11.1 Å². The molecule has 0 radical (unpaired) electrons. The molecule has 0 aliphatic rings. The maximum Gasteiger partial charge on any atom is 0.344 e. The van der Waals surface area contributed by atoms with Crippen LogP contribution in [0.25, 0.3) is 11.1 Å². The second kappa shape index (κ2) is 9.69. The molecule has 0 aliphatic heterocycles. The number of rotatable bonds is 8. The van der Waals surface area contributed by atoms with Gasteiger partial charge >= 0.3 is 11.9 Å². The summed E-state index contributed by atoms with van der Waals surface area (Å²) in [5.41, 5.74) is 0.820. The lowest BCUT2D eigenvalue weighted by Gasteiger charge is -2.29. The van der Waals surface area contributed by atoms with Crippen molar-refractivity contribution in [3.63, 3.8) is 0 Å². The predicted molar refractivity (Wildman–Crippen MR) is 105 cm³/mol. The van der Waals surface area contributed by atoms with Crippen LogP contribution in [0.2, 0.25) is 0 Å². The Labute approximate surface area is 164 Å². The SMILES string of the molecule is CCOC(=O)C(Cc1ccc(-c2ccccc2)cc1)(NC(C)=O)C(=O)OCC. The van der Waals surface area contributed by atoms with E-state index >= 15 is 0 Å². The molecule has 2 aromatic carbocycles.